The average molecular weight is 433 g/mol. The normalized spacial score (nSPS) is 33.5. The fourth-order valence-electron chi connectivity index (χ4n) is 7.85. The monoisotopic (exact) mass is 432 g/mol. The van der Waals surface area contributed by atoms with Gasteiger partial charge in [-0.25, -0.2) is 0 Å². The highest BCUT2D eigenvalue weighted by Gasteiger charge is 2.59. The van der Waals surface area contributed by atoms with Crippen LogP contribution in [0.3, 0.4) is 0 Å². The first-order valence-corrected chi connectivity index (χ1v) is 13.8. The molecule has 0 aromatic heterocycles. The van der Waals surface area contributed by atoms with E-state index in [4.69, 9.17) is 4.74 Å². The van der Waals surface area contributed by atoms with E-state index >= 15 is 0 Å². The Morgan fingerprint density at radius 2 is 1.39 bits per heavy atom. The van der Waals surface area contributed by atoms with E-state index in [1.807, 2.05) is 0 Å². The van der Waals surface area contributed by atoms with Crippen LogP contribution in [0.2, 0.25) is 0 Å². The molecule has 0 spiro atoms. The molecule has 0 aromatic rings. The summed E-state index contributed by atoms with van der Waals surface area (Å²) >= 11 is 0. The third kappa shape index (κ3) is 5.35. The maximum absolute atomic E-state index is 14.0. The Hall–Kier alpha value is -0.530. The van der Waals surface area contributed by atoms with Gasteiger partial charge < -0.3 is 4.74 Å². The van der Waals surface area contributed by atoms with Crippen LogP contribution >= 0.6 is 0 Å². The van der Waals surface area contributed by atoms with Gasteiger partial charge in [0.2, 0.25) is 0 Å². The molecular weight excluding hydrogens is 380 g/mol. The topological polar surface area (TPSA) is 26.3 Å². The minimum Gasteiger partial charge on any atom is -0.458 e. The van der Waals surface area contributed by atoms with E-state index in [0.29, 0.717) is 11.8 Å². The summed E-state index contributed by atoms with van der Waals surface area (Å²) in [7, 11) is 0. The lowest BCUT2D eigenvalue weighted by Crippen LogP contribution is -2.60. The smallest absolute Gasteiger partial charge is 0.310 e. The quantitative estimate of drug-likeness (QED) is 0.289. The molecule has 0 radical (unpaired) electrons. The number of ether oxygens (including phenoxy) is 1. The van der Waals surface area contributed by atoms with E-state index in [1.54, 1.807) is 0 Å². The number of carbonyl (C=O) groups excluding carboxylic acids is 1. The van der Waals surface area contributed by atoms with Crippen LogP contribution < -0.4 is 0 Å². The summed E-state index contributed by atoms with van der Waals surface area (Å²) in [5, 5.41) is 0. The molecule has 0 aliphatic heterocycles. The number of unbranched alkanes of at least 4 members (excludes halogenated alkanes) is 2. The first-order chi connectivity index (χ1) is 14.6. The Kier molecular flexibility index (Phi) is 7.90. The molecule has 1 unspecified atom stereocenters. The Morgan fingerprint density at radius 3 is 1.87 bits per heavy atom. The molecule has 4 aliphatic rings. The minimum absolute atomic E-state index is 0.00255. The number of esters is 1. The highest BCUT2D eigenvalue weighted by Crippen LogP contribution is 2.61. The maximum atomic E-state index is 14.0. The van der Waals surface area contributed by atoms with Crippen LogP contribution in [0.1, 0.15) is 132 Å². The van der Waals surface area contributed by atoms with Crippen LogP contribution in [0, 0.1) is 40.4 Å². The van der Waals surface area contributed by atoms with E-state index in [0.717, 1.165) is 31.1 Å². The molecule has 0 amide bonds. The molecule has 4 fully saturated rings. The van der Waals surface area contributed by atoms with Gasteiger partial charge in [0.25, 0.3) is 0 Å². The fourth-order valence-corrected chi connectivity index (χ4v) is 7.85. The highest BCUT2D eigenvalue weighted by atomic mass is 16.6. The summed E-state index contributed by atoms with van der Waals surface area (Å²) in [6, 6.07) is 0. The van der Waals surface area contributed by atoms with Gasteiger partial charge >= 0.3 is 5.97 Å². The standard InChI is InChI=1S/C29H52O2/c1-8-11-13-27(4,5)20-25(28(6,7)14-12-9-2)26(30)31-29(10-3)23-16-21-15-22(18-23)19-24(29)17-21/h21-25H,8-20H2,1-7H3. The van der Waals surface area contributed by atoms with Crippen LogP contribution in [-0.2, 0) is 9.53 Å². The van der Waals surface area contributed by atoms with Crippen molar-refractivity contribution in [2.45, 2.75) is 138 Å². The maximum Gasteiger partial charge on any atom is 0.310 e. The lowest BCUT2D eigenvalue weighted by Gasteiger charge is -2.60. The van der Waals surface area contributed by atoms with Crippen molar-refractivity contribution < 1.29 is 9.53 Å². The third-order valence-electron chi connectivity index (χ3n) is 9.73. The summed E-state index contributed by atoms with van der Waals surface area (Å²) in [5.74, 6) is 3.19. The molecule has 1 atom stereocenters. The second-order valence-corrected chi connectivity index (χ2v) is 13.2. The Morgan fingerprint density at radius 1 is 0.871 bits per heavy atom. The Bertz CT molecular complexity index is 574. The van der Waals surface area contributed by atoms with Crippen LogP contribution in [0.25, 0.3) is 0 Å². The van der Waals surface area contributed by atoms with Gasteiger partial charge in [-0.15, -0.1) is 0 Å². The molecule has 0 aromatic carbocycles. The number of rotatable bonds is 12. The van der Waals surface area contributed by atoms with Crippen molar-refractivity contribution in [2.75, 3.05) is 0 Å². The van der Waals surface area contributed by atoms with Gasteiger partial charge in [0.05, 0.1) is 5.92 Å². The van der Waals surface area contributed by atoms with Crippen molar-refractivity contribution in [1.29, 1.82) is 0 Å². The van der Waals surface area contributed by atoms with Crippen LogP contribution in [0.5, 0.6) is 0 Å². The summed E-state index contributed by atoms with van der Waals surface area (Å²) < 4.78 is 6.80. The molecule has 4 aliphatic carbocycles. The predicted molar refractivity (Wildman–Crippen MR) is 131 cm³/mol. The van der Waals surface area contributed by atoms with Gasteiger partial charge in [-0.1, -0.05) is 74.1 Å². The minimum atomic E-state index is -0.169. The molecule has 4 bridgehead atoms. The molecule has 4 saturated carbocycles. The molecular formula is C29H52O2. The Balaban J connectivity index is 1.81. The zero-order valence-electron chi connectivity index (χ0n) is 21.9. The lowest BCUT2D eigenvalue weighted by molar-refractivity contribution is -0.218. The second kappa shape index (κ2) is 9.76. The fraction of sp³-hybridized carbons (Fsp3) is 0.966. The lowest BCUT2D eigenvalue weighted by atomic mass is 9.49. The van der Waals surface area contributed by atoms with Crippen molar-refractivity contribution >= 4 is 5.97 Å². The summed E-state index contributed by atoms with van der Waals surface area (Å²) in [5.41, 5.74) is 0.0151. The molecule has 2 heteroatoms. The van der Waals surface area contributed by atoms with Crippen LogP contribution in [0.4, 0.5) is 0 Å². The summed E-state index contributed by atoms with van der Waals surface area (Å²) in [4.78, 5) is 14.0. The molecule has 2 nitrogen and oxygen atoms in total. The van der Waals surface area contributed by atoms with Crippen molar-refractivity contribution in [3.05, 3.63) is 0 Å². The van der Waals surface area contributed by atoms with E-state index in [-0.39, 0.29) is 28.3 Å². The van der Waals surface area contributed by atoms with E-state index in [1.165, 1.54) is 64.2 Å². The van der Waals surface area contributed by atoms with Crippen LogP contribution in [0.15, 0.2) is 0 Å². The first-order valence-electron chi connectivity index (χ1n) is 13.8. The van der Waals surface area contributed by atoms with Gasteiger partial charge in [0.1, 0.15) is 5.60 Å². The van der Waals surface area contributed by atoms with Crippen molar-refractivity contribution in [2.24, 2.45) is 40.4 Å². The third-order valence-corrected chi connectivity index (χ3v) is 9.73. The molecule has 31 heavy (non-hydrogen) atoms. The molecule has 0 saturated heterocycles. The SMILES string of the molecule is CCCCC(C)(C)CC(C(=O)OC1(CC)C2CC3CC(C2)CC1C3)C(C)(C)CCCC. The van der Waals surface area contributed by atoms with Crippen LogP contribution in [-0.4, -0.2) is 11.6 Å². The van der Waals surface area contributed by atoms with Gasteiger partial charge in [0, 0.05) is 0 Å². The zero-order chi connectivity index (χ0) is 22.9. The highest BCUT2D eigenvalue weighted by molar-refractivity contribution is 5.74. The summed E-state index contributed by atoms with van der Waals surface area (Å²) in [6.07, 6.45) is 15.8. The summed E-state index contributed by atoms with van der Waals surface area (Å²) in [6.45, 7) is 16.2. The average Bonchev–Trinajstić information content (AvgIpc) is 2.71. The first kappa shape index (κ1) is 25.1. The van der Waals surface area contributed by atoms with Gasteiger partial charge in [-0.2, -0.15) is 0 Å². The predicted octanol–water partition coefficient (Wildman–Crippen LogP) is 8.57. The van der Waals surface area contributed by atoms with Crippen molar-refractivity contribution in [3.8, 4) is 0 Å². The van der Waals surface area contributed by atoms with Gasteiger partial charge in [-0.3, -0.25) is 4.79 Å². The van der Waals surface area contributed by atoms with Crippen molar-refractivity contribution in [3.63, 3.8) is 0 Å². The number of hydrogen-bond donors (Lipinski definition) is 0. The molecule has 0 N–H and O–H groups in total. The van der Waals surface area contributed by atoms with E-state index in [2.05, 4.69) is 48.5 Å². The van der Waals surface area contributed by atoms with Gasteiger partial charge in [-0.05, 0) is 92.3 Å². The number of hydrogen-bond acceptors (Lipinski definition) is 2. The number of carbonyl (C=O) groups is 1. The van der Waals surface area contributed by atoms with Crippen molar-refractivity contribution in [1.82, 2.24) is 0 Å². The largest absolute Gasteiger partial charge is 0.458 e. The van der Waals surface area contributed by atoms with Gasteiger partial charge in [0.15, 0.2) is 0 Å². The second-order valence-electron chi connectivity index (χ2n) is 13.2. The molecule has 4 rings (SSSR count). The Labute approximate surface area is 193 Å². The van der Waals surface area contributed by atoms with E-state index in [9.17, 15) is 4.79 Å². The molecule has 0 heterocycles. The zero-order valence-corrected chi connectivity index (χ0v) is 21.9. The van der Waals surface area contributed by atoms with E-state index < -0.39 is 0 Å². The molecule has 180 valence electrons.